The molecule has 1 aromatic heterocycles. The van der Waals surface area contributed by atoms with E-state index in [1.807, 2.05) is 14.0 Å². The zero-order valence-electron chi connectivity index (χ0n) is 12.2. The smallest absolute Gasteiger partial charge is 0.341 e. The molecular weight excluding hydrogens is 242 g/mol. The van der Waals surface area contributed by atoms with Crippen molar-refractivity contribution in [3.05, 3.63) is 17.5 Å². The lowest BCUT2D eigenvalue weighted by Gasteiger charge is -2.17. The summed E-state index contributed by atoms with van der Waals surface area (Å²) in [5.41, 5.74) is 1.51. The Bertz CT molecular complexity index is 456. The molecule has 2 unspecified atom stereocenters. The lowest BCUT2D eigenvalue weighted by molar-refractivity contribution is 0.0524. The van der Waals surface area contributed by atoms with Crippen molar-refractivity contribution in [1.82, 2.24) is 14.7 Å². The number of ether oxygens (including phenoxy) is 1. The predicted molar refractivity (Wildman–Crippen MR) is 72.8 cm³/mol. The monoisotopic (exact) mass is 265 g/mol. The molecule has 0 aliphatic heterocycles. The van der Waals surface area contributed by atoms with E-state index >= 15 is 0 Å². The van der Waals surface area contributed by atoms with E-state index in [0.29, 0.717) is 12.2 Å². The second kappa shape index (κ2) is 5.74. The van der Waals surface area contributed by atoms with E-state index in [-0.39, 0.29) is 5.97 Å². The van der Waals surface area contributed by atoms with Crippen molar-refractivity contribution in [3.63, 3.8) is 0 Å². The van der Waals surface area contributed by atoms with Crippen molar-refractivity contribution in [2.24, 2.45) is 18.9 Å². The van der Waals surface area contributed by atoms with Gasteiger partial charge in [-0.3, -0.25) is 4.68 Å². The number of hydrogen-bond acceptors (Lipinski definition) is 4. The van der Waals surface area contributed by atoms with Gasteiger partial charge in [-0.2, -0.15) is 5.10 Å². The molecule has 1 aromatic rings. The Morgan fingerprint density at radius 1 is 1.63 bits per heavy atom. The Hall–Kier alpha value is -1.36. The normalized spacial score (nSPS) is 21.7. The van der Waals surface area contributed by atoms with Crippen LogP contribution in [0.4, 0.5) is 0 Å². The Kier molecular flexibility index (Phi) is 4.24. The van der Waals surface area contributed by atoms with Crippen LogP contribution in [0.1, 0.15) is 36.3 Å². The van der Waals surface area contributed by atoms with Crippen LogP contribution in [0, 0.1) is 11.8 Å². The SMILES string of the molecule is CCOC(=O)c1cnn(C)c1CN(C)CC1CC1C. The maximum absolute atomic E-state index is 11.9. The van der Waals surface area contributed by atoms with Gasteiger partial charge in [0.15, 0.2) is 0 Å². The molecule has 0 amide bonds. The predicted octanol–water partition coefficient (Wildman–Crippen LogP) is 1.68. The first-order valence-electron chi connectivity index (χ1n) is 6.89. The molecule has 1 saturated carbocycles. The molecular formula is C14H23N3O2. The molecule has 1 heterocycles. The van der Waals surface area contributed by atoms with Gasteiger partial charge in [-0.05, 0) is 32.2 Å². The highest BCUT2D eigenvalue weighted by Crippen LogP contribution is 2.38. The van der Waals surface area contributed by atoms with E-state index in [0.717, 1.165) is 30.6 Å². The quantitative estimate of drug-likeness (QED) is 0.734. The summed E-state index contributed by atoms with van der Waals surface area (Å²) in [5.74, 6) is 1.38. The Morgan fingerprint density at radius 3 is 2.89 bits per heavy atom. The summed E-state index contributed by atoms with van der Waals surface area (Å²) < 4.78 is 6.83. The topological polar surface area (TPSA) is 47.4 Å². The molecule has 0 aromatic carbocycles. The molecule has 2 atom stereocenters. The molecule has 1 fully saturated rings. The van der Waals surface area contributed by atoms with E-state index < -0.39 is 0 Å². The molecule has 0 bridgehead atoms. The zero-order chi connectivity index (χ0) is 14.0. The average Bonchev–Trinajstić information content (AvgIpc) is 2.90. The molecule has 19 heavy (non-hydrogen) atoms. The van der Waals surface area contributed by atoms with Crippen LogP contribution in [0.15, 0.2) is 6.20 Å². The van der Waals surface area contributed by atoms with E-state index in [1.54, 1.807) is 10.9 Å². The van der Waals surface area contributed by atoms with Gasteiger partial charge in [0.05, 0.1) is 18.5 Å². The third kappa shape index (κ3) is 3.35. The van der Waals surface area contributed by atoms with Crippen molar-refractivity contribution < 1.29 is 9.53 Å². The second-order valence-corrected chi connectivity index (χ2v) is 5.52. The first-order chi connectivity index (χ1) is 9.02. The number of carbonyl (C=O) groups excluding carboxylic acids is 1. The lowest BCUT2D eigenvalue weighted by atomic mass is 10.2. The summed E-state index contributed by atoms with van der Waals surface area (Å²) in [6.45, 7) is 6.30. The average molecular weight is 265 g/mol. The second-order valence-electron chi connectivity index (χ2n) is 5.52. The van der Waals surface area contributed by atoms with Gasteiger partial charge in [0, 0.05) is 20.1 Å². The molecule has 5 nitrogen and oxygen atoms in total. The minimum atomic E-state index is -0.279. The molecule has 2 rings (SSSR count). The summed E-state index contributed by atoms with van der Waals surface area (Å²) in [4.78, 5) is 14.1. The molecule has 106 valence electrons. The highest BCUT2D eigenvalue weighted by atomic mass is 16.5. The van der Waals surface area contributed by atoms with Crippen LogP contribution in [-0.4, -0.2) is 40.8 Å². The summed E-state index contributed by atoms with van der Waals surface area (Å²) in [6, 6.07) is 0. The molecule has 1 aliphatic rings. The maximum Gasteiger partial charge on any atom is 0.341 e. The number of aryl methyl sites for hydroxylation is 1. The molecule has 0 spiro atoms. The largest absolute Gasteiger partial charge is 0.462 e. The zero-order valence-corrected chi connectivity index (χ0v) is 12.2. The van der Waals surface area contributed by atoms with Crippen LogP contribution >= 0.6 is 0 Å². The van der Waals surface area contributed by atoms with Crippen molar-refractivity contribution >= 4 is 5.97 Å². The van der Waals surface area contributed by atoms with E-state index in [1.165, 1.54) is 6.42 Å². The fourth-order valence-corrected chi connectivity index (χ4v) is 2.40. The molecule has 0 radical (unpaired) electrons. The maximum atomic E-state index is 11.9. The Morgan fingerprint density at radius 2 is 2.32 bits per heavy atom. The minimum Gasteiger partial charge on any atom is -0.462 e. The van der Waals surface area contributed by atoms with Gasteiger partial charge in [0.25, 0.3) is 0 Å². The van der Waals surface area contributed by atoms with Crippen LogP contribution in [0.25, 0.3) is 0 Å². The molecule has 1 aliphatic carbocycles. The van der Waals surface area contributed by atoms with Crippen LogP contribution < -0.4 is 0 Å². The minimum absolute atomic E-state index is 0.279. The summed E-state index contributed by atoms with van der Waals surface area (Å²) in [7, 11) is 3.96. The summed E-state index contributed by atoms with van der Waals surface area (Å²) >= 11 is 0. The van der Waals surface area contributed by atoms with Crippen LogP contribution in [-0.2, 0) is 18.3 Å². The van der Waals surface area contributed by atoms with Crippen molar-refractivity contribution in [2.45, 2.75) is 26.8 Å². The molecule has 5 heteroatoms. The van der Waals surface area contributed by atoms with Crippen molar-refractivity contribution in [1.29, 1.82) is 0 Å². The third-order valence-electron chi connectivity index (χ3n) is 3.80. The summed E-state index contributed by atoms with van der Waals surface area (Å²) in [6.07, 6.45) is 2.92. The van der Waals surface area contributed by atoms with E-state index in [4.69, 9.17) is 4.74 Å². The highest BCUT2D eigenvalue weighted by molar-refractivity contribution is 5.90. The number of carbonyl (C=O) groups is 1. The van der Waals surface area contributed by atoms with Crippen LogP contribution in [0.3, 0.4) is 0 Å². The van der Waals surface area contributed by atoms with E-state index in [2.05, 4.69) is 24.0 Å². The van der Waals surface area contributed by atoms with Gasteiger partial charge in [0.2, 0.25) is 0 Å². The van der Waals surface area contributed by atoms with Gasteiger partial charge in [-0.15, -0.1) is 0 Å². The van der Waals surface area contributed by atoms with Gasteiger partial charge in [-0.1, -0.05) is 6.92 Å². The summed E-state index contributed by atoms with van der Waals surface area (Å²) in [5, 5.41) is 4.17. The Balaban J connectivity index is 2.02. The van der Waals surface area contributed by atoms with Gasteiger partial charge < -0.3 is 9.64 Å². The Labute approximate surface area is 114 Å². The highest BCUT2D eigenvalue weighted by Gasteiger charge is 2.33. The first kappa shape index (κ1) is 14.1. The van der Waals surface area contributed by atoms with Gasteiger partial charge >= 0.3 is 5.97 Å². The molecule has 0 N–H and O–H groups in total. The number of hydrogen-bond donors (Lipinski definition) is 0. The number of nitrogens with zero attached hydrogens (tertiary/aromatic N) is 3. The molecule has 0 saturated heterocycles. The van der Waals surface area contributed by atoms with E-state index in [9.17, 15) is 4.79 Å². The fraction of sp³-hybridized carbons (Fsp3) is 0.714. The number of aromatic nitrogens is 2. The fourth-order valence-electron chi connectivity index (χ4n) is 2.40. The standard InChI is InChI=1S/C14H23N3O2/c1-5-19-14(18)12-7-15-17(4)13(12)9-16(3)8-11-6-10(11)2/h7,10-11H,5-6,8-9H2,1-4H3. The van der Waals surface area contributed by atoms with Gasteiger partial charge in [-0.25, -0.2) is 4.79 Å². The lowest BCUT2D eigenvalue weighted by Crippen LogP contribution is -2.24. The number of esters is 1. The van der Waals surface area contributed by atoms with Crippen molar-refractivity contribution in [3.8, 4) is 0 Å². The number of rotatable bonds is 6. The van der Waals surface area contributed by atoms with Crippen LogP contribution in [0.5, 0.6) is 0 Å². The van der Waals surface area contributed by atoms with Crippen LogP contribution in [0.2, 0.25) is 0 Å². The van der Waals surface area contributed by atoms with Crippen molar-refractivity contribution in [2.75, 3.05) is 20.2 Å². The first-order valence-corrected chi connectivity index (χ1v) is 6.89. The third-order valence-corrected chi connectivity index (χ3v) is 3.80. The van der Waals surface area contributed by atoms with Gasteiger partial charge in [0.1, 0.15) is 5.56 Å².